The number of carbonyl (C=O) groups excluding carboxylic acids is 2. The topological polar surface area (TPSA) is 57.6 Å². The molecule has 1 N–H and O–H groups in total. The van der Waals surface area contributed by atoms with Gasteiger partial charge in [0.15, 0.2) is 0 Å². The van der Waals surface area contributed by atoms with Crippen molar-refractivity contribution in [1.29, 1.82) is 0 Å². The van der Waals surface area contributed by atoms with Crippen molar-refractivity contribution in [1.82, 2.24) is 9.47 Å². The minimum Gasteiger partial charge on any atom is -0.341 e. The van der Waals surface area contributed by atoms with Crippen molar-refractivity contribution in [3.8, 4) is 0 Å². The van der Waals surface area contributed by atoms with E-state index in [0.29, 0.717) is 24.3 Å². The zero-order valence-corrected chi connectivity index (χ0v) is 22.4. The number of benzene rings is 3. The molecule has 1 aliphatic heterocycles. The molecule has 0 radical (unpaired) electrons. The van der Waals surface area contributed by atoms with E-state index in [1.807, 2.05) is 38.4 Å². The molecule has 5 rings (SSSR count). The number of hydrogen-bond acceptors (Lipinski definition) is 3. The summed E-state index contributed by atoms with van der Waals surface area (Å²) >= 11 is 12.6. The molecule has 194 valence electrons. The fourth-order valence-electron chi connectivity index (χ4n) is 4.65. The fraction of sp³-hybridized carbons (Fsp3) is 0.172. The Kier molecular flexibility index (Phi) is 7.25. The maximum atomic E-state index is 13.8. The van der Waals surface area contributed by atoms with Crippen molar-refractivity contribution in [2.24, 2.45) is 0 Å². The number of rotatable bonds is 5. The first kappa shape index (κ1) is 26.0. The molecule has 0 atom stereocenters. The van der Waals surface area contributed by atoms with E-state index in [-0.39, 0.29) is 21.5 Å². The molecule has 2 heterocycles. The Balaban J connectivity index is 1.43. The first-order valence-electron chi connectivity index (χ1n) is 12.0. The minimum absolute atomic E-state index is 0.00119. The van der Waals surface area contributed by atoms with Crippen molar-refractivity contribution in [2.45, 2.75) is 19.6 Å². The van der Waals surface area contributed by atoms with Gasteiger partial charge in [0.2, 0.25) is 0 Å². The molecule has 0 aliphatic carbocycles. The van der Waals surface area contributed by atoms with E-state index in [1.54, 1.807) is 17.0 Å². The van der Waals surface area contributed by atoms with E-state index in [1.165, 1.54) is 17.8 Å². The molecule has 6 nitrogen and oxygen atoms in total. The van der Waals surface area contributed by atoms with Crippen LogP contribution in [0.2, 0.25) is 10.0 Å². The van der Waals surface area contributed by atoms with Gasteiger partial charge in [-0.05, 0) is 74.3 Å². The van der Waals surface area contributed by atoms with Gasteiger partial charge in [-0.2, -0.15) is 0 Å². The van der Waals surface area contributed by atoms with E-state index in [2.05, 4.69) is 26.9 Å². The Morgan fingerprint density at radius 1 is 0.921 bits per heavy atom. The largest absolute Gasteiger partial charge is 0.341 e. The monoisotopic (exact) mass is 550 g/mol. The second-order valence-electron chi connectivity index (χ2n) is 9.43. The van der Waals surface area contributed by atoms with E-state index in [4.69, 9.17) is 23.2 Å². The van der Waals surface area contributed by atoms with Crippen molar-refractivity contribution in [3.05, 3.63) is 117 Å². The molecule has 0 spiro atoms. The van der Waals surface area contributed by atoms with Gasteiger partial charge in [0, 0.05) is 35.9 Å². The predicted molar refractivity (Wildman–Crippen MR) is 149 cm³/mol. The van der Waals surface area contributed by atoms with Crippen LogP contribution in [0, 0.1) is 5.82 Å². The van der Waals surface area contributed by atoms with E-state index in [9.17, 15) is 14.0 Å². The second kappa shape index (κ2) is 10.6. The molecule has 0 bridgehead atoms. The summed E-state index contributed by atoms with van der Waals surface area (Å²) in [6.45, 7) is 1.84. The Bertz CT molecular complexity index is 1550. The number of halogens is 3. The van der Waals surface area contributed by atoms with Gasteiger partial charge in [-0.15, -0.1) is 0 Å². The summed E-state index contributed by atoms with van der Waals surface area (Å²) in [6, 6.07) is 20.3. The van der Waals surface area contributed by atoms with Crippen LogP contribution >= 0.6 is 23.2 Å². The third-order valence-electron chi connectivity index (χ3n) is 6.45. The third kappa shape index (κ3) is 5.18. The summed E-state index contributed by atoms with van der Waals surface area (Å²) in [5.41, 5.74) is 4.89. The van der Waals surface area contributed by atoms with Crippen molar-refractivity contribution in [3.63, 3.8) is 0 Å². The lowest BCUT2D eigenvalue weighted by Crippen LogP contribution is -2.31. The lowest BCUT2D eigenvalue weighted by Gasteiger charge is -2.23. The zero-order valence-electron chi connectivity index (χ0n) is 20.8. The lowest BCUT2D eigenvalue weighted by molar-refractivity contribution is 0.0984. The fourth-order valence-corrected chi connectivity index (χ4v) is 5.16. The maximum Gasteiger partial charge on any atom is 0.260 e. The molecule has 2 amide bonds. The van der Waals surface area contributed by atoms with Crippen LogP contribution in [-0.2, 0) is 19.6 Å². The number of aromatic nitrogens is 1. The summed E-state index contributed by atoms with van der Waals surface area (Å²) < 4.78 is 15.6. The van der Waals surface area contributed by atoms with E-state index >= 15 is 0 Å². The molecule has 38 heavy (non-hydrogen) atoms. The van der Waals surface area contributed by atoms with Crippen LogP contribution in [0.15, 0.2) is 72.8 Å². The molecule has 0 saturated carbocycles. The van der Waals surface area contributed by atoms with Gasteiger partial charge in [-0.3, -0.25) is 9.59 Å². The first-order chi connectivity index (χ1) is 18.2. The number of nitrogens with one attached hydrogen (secondary N) is 1. The molecule has 0 unspecified atom stereocenters. The number of carbonyl (C=O) groups is 2. The van der Waals surface area contributed by atoms with Crippen molar-refractivity contribution < 1.29 is 14.0 Å². The van der Waals surface area contributed by atoms with Crippen LogP contribution in [0.1, 0.15) is 37.7 Å². The minimum atomic E-state index is -0.534. The van der Waals surface area contributed by atoms with Crippen LogP contribution in [0.4, 0.5) is 15.8 Å². The van der Waals surface area contributed by atoms with Gasteiger partial charge >= 0.3 is 0 Å². The van der Waals surface area contributed by atoms with Gasteiger partial charge in [-0.1, -0.05) is 41.4 Å². The highest BCUT2D eigenvalue weighted by Crippen LogP contribution is 2.32. The van der Waals surface area contributed by atoms with Gasteiger partial charge in [0.1, 0.15) is 5.82 Å². The highest BCUT2D eigenvalue weighted by Gasteiger charge is 2.27. The predicted octanol–water partition coefficient (Wildman–Crippen LogP) is 6.46. The van der Waals surface area contributed by atoms with Crippen molar-refractivity contribution >= 4 is 46.4 Å². The zero-order chi connectivity index (χ0) is 27.0. The number of anilines is 2. The summed E-state index contributed by atoms with van der Waals surface area (Å²) in [6.07, 6.45) is 0. The van der Waals surface area contributed by atoms with Gasteiger partial charge in [0.25, 0.3) is 11.8 Å². The van der Waals surface area contributed by atoms with E-state index < -0.39 is 11.7 Å². The highest BCUT2D eigenvalue weighted by atomic mass is 35.5. The molecule has 3 aromatic carbocycles. The number of amides is 2. The number of para-hydroxylation sites is 1. The van der Waals surface area contributed by atoms with E-state index in [0.717, 1.165) is 35.6 Å². The normalized spacial score (nSPS) is 12.6. The molecule has 1 aromatic heterocycles. The number of nitrogens with zero attached hydrogens (tertiary/aromatic N) is 3. The molecular formula is C29H25Cl2FN4O2. The SMILES string of the molecule is CN(C)Cc1ccc2n1Cc1ccccc1N(C(=O)c1ccc(NC(=O)c3ccc(F)cc3Cl)cc1Cl)C2. The quantitative estimate of drug-likeness (QED) is 0.310. The van der Waals surface area contributed by atoms with Crippen LogP contribution in [0.3, 0.4) is 0 Å². The molecule has 0 saturated heterocycles. The van der Waals surface area contributed by atoms with Crippen LogP contribution in [0.25, 0.3) is 0 Å². The summed E-state index contributed by atoms with van der Waals surface area (Å²) in [4.78, 5) is 30.3. The number of fused-ring (bicyclic) bond motifs is 2. The average molecular weight is 551 g/mol. The molecule has 0 fully saturated rings. The lowest BCUT2D eigenvalue weighted by atomic mass is 10.1. The Morgan fingerprint density at radius 2 is 1.66 bits per heavy atom. The summed E-state index contributed by atoms with van der Waals surface area (Å²) in [5.74, 6) is -1.29. The third-order valence-corrected chi connectivity index (χ3v) is 7.07. The smallest absolute Gasteiger partial charge is 0.260 e. The Hall–Kier alpha value is -3.65. The van der Waals surface area contributed by atoms with Gasteiger partial charge < -0.3 is 19.7 Å². The maximum absolute atomic E-state index is 13.8. The van der Waals surface area contributed by atoms with Gasteiger partial charge in [0.05, 0.1) is 27.7 Å². The molecule has 9 heteroatoms. The number of hydrogen-bond donors (Lipinski definition) is 1. The molecule has 4 aromatic rings. The van der Waals surface area contributed by atoms with Gasteiger partial charge in [-0.25, -0.2) is 4.39 Å². The summed E-state index contributed by atoms with van der Waals surface area (Å²) in [7, 11) is 4.06. The summed E-state index contributed by atoms with van der Waals surface area (Å²) in [5, 5.41) is 2.90. The standard InChI is InChI=1S/C29H25Cl2FN4O2/c1-34(2)16-21-9-10-22-17-36(27-6-4-3-5-18(27)15-35(21)22)29(38)24-12-8-20(14-26(24)31)33-28(37)23-11-7-19(32)13-25(23)30/h3-14H,15-17H2,1-2H3,(H,33,37). The Labute approximate surface area is 230 Å². The van der Waals surface area contributed by atoms with Crippen LogP contribution < -0.4 is 10.2 Å². The highest BCUT2D eigenvalue weighted by molar-refractivity contribution is 6.35. The van der Waals surface area contributed by atoms with Crippen LogP contribution in [-0.4, -0.2) is 35.4 Å². The van der Waals surface area contributed by atoms with Crippen molar-refractivity contribution in [2.75, 3.05) is 24.3 Å². The van der Waals surface area contributed by atoms with Crippen LogP contribution in [0.5, 0.6) is 0 Å². The average Bonchev–Trinajstić information content (AvgIpc) is 3.13. The molecular weight excluding hydrogens is 526 g/mol. The first-order valence-corrected chi connectivity index (χ1v) is 12.7. The Morgan fingerprint density at radius 3 is 2.39 bits per heavy atom. The molecule has 1 aliphatic rings. The second-order valence-corrected chi connectivity index (χ2v) is 10.2.